The van der Waals surface area contributed by atoms with Crippen LogP contribution in [0.3, 0.4) is 0 Å². The van der Waals surface area contributed by atoms with Crippen molar-refractivity contribution in [3.63, 3.8) is 0 Å². The highest BCUT2D eigenvalue weighted by Crippen LogP contribution is 2.36. The molecular formula is C26H38O6. The molecule has 1 fully saturated rings. The van der Waals surface area contributed by atoms with Crippen molar-refractivity contribution in [3.8, 4) is 5.75 Å². The summed E-state index contributed by atoms with van der Waals surface area (Å²) in [5.74, 6) is 0.197. The molecule has 1 aliphatic carbocycles. The molecule has 0 radical (unpaired) electrons. The Bertz CT molecular complexity index is 702. The number of allylic oxidation sites excluding steroid dienone is 2. The highest BCUT2D eigenvalue weighted by atomic mass is 16.5. The summed E-state index contributed by atoms with van der Waals surface area (Å²) in [7, 11) is 0. The zero-order valence-electron chi connectivity index (χ0n) is 19.0. The Morgan fingerprint density at radius 3 is 2.69 bits per heavy atom. The van der Waals surface area contributed by atoms with E-state index < -0.39 is 18.3 Å². The van der Waals surface area contributed by atoms with Crippen LogP contribution in [0.15, 0.2) is 54.6 Å². The van der Waals surface area contributed by atoms with Crippen LogP contribution in [-0.2, 0) is 9.53 Å². The second kappa shape index (κ2) is 14.8. The van der Waals surface area contributed by atoms with Gasteiger partial charge in [0.25, 0.3) is 0 Å². The molecule has 0 amide bonds. The van der Waals surface area contributed by atoms with Gasteiger partial charge in [-0.2, -0.15) is 0 Å². The van der Waals surface area contributed by atoms with Crippen molar-refractivity contribution in [1.29, 1.82) is 0 Å². The maximum Gasteiger partial charge on any atom is 0.305 e. The zero-order chi connectivity index (χ0) is 23.2. The number of aliphatic hydroxyl groups excluding tert-OH is 3. The third-order valence-electron chi connectivity index (χ3n) is 5.72. The Labute approximate surface area is 191 Å². The number of aliphatic hydroxyl groups is 3. The molecule has 6 nitrogen and oxygen atoms in total. The van der Waals surface area contributed by atoms with E-state index in [1.54, 1.807) is 12.2 Å². The summed E-state index contributed by atoms with van der Waals surface area (Å²) >= 11 is 0. The number of unbranched alkanes of at least 4 members (excludes halogenated alkanes) is 2. The summed E-state index contributed by atoms with van der Waals surface area (Å²) in [4.78, 5) is 11.6. The molecule has 2 rings (SSSR count). The maximum absolute atomic E-state index is 11.6. The van der Waals surface area contributed by atoms with Crippen molar-refractivity contribution in [2.75, 3.05) is 13.2 Å². The molecule has 1 saturated carbocycles. The molecule has 0 saturated heterocycles. The predicted molar refractivity (Wildman–Crippen MR) is 124 cm³/mol. The fraction of sp³-hybridized carbons (Fsp3) is 0.577. The third kappa shape index (κ3) is 9.55. The first-order valence-electron chi connectivity index (χ1n) is 11.7. The van der Waals surface area contributed by atoms with Crippen molar-refractivity contribution in [1.82, 2.24) is 0 Å². The Balaban J connectivity index is 1.73. The molecule has 0 bridgehead atoms. The normalized spacial score (nSPS) is 24.2. The van der Waals surface area contributed by atoms with E-state index in [4.69, 9.17) is 9.47 Å². The van der Waals surface area contributed by atoms with Gasteiger partial charge in [0, 0.05) is 18.8 Å². The molecule has 6 heteroatoms. The van der Waals surface area contributed by atoms with Crippen molar-refractivity contribution in [2.24, 2.45) is 11.8 Å². The summed E-state index contributed by atoms with van der Waals surface area (Å²) in [6.07, 6.45) is 10.2. The maximum atomic E-state index is 11.6. The topological polar surface area (TPSA) is 96.2 Å². The van der Waals surface area contributed by atoms with Crippen LogP contribution in [0, 0.1) is 11.8 Å². The molecule has 32 heavy (non-hydrogen) atoms. The average molecular weight is 447 g/mol. The monoisotopic (exact) mass is 446 g/mol. The lowest BCUT2D eigenvalue weighted by Gasteiger charge is -2.19. The number of carbonyl (C=O) groups is 1. The summed E-state index contributed by atoms with van der Waals surface area (Å²) < 4.78 is 10.7. The first-order valence-corrected chi connectivity index (χ1v) is 11.7. The lowest BCUT2D eigenvalue weighted by molar-refractivity contribution is -0.143. The van der Waals surface area contributed by atoms with Crippen molar-refractivity contribution in [2.45, 2.75) is 70.2 Å². The van der Waals surface area contributed by atoms with Gasteiger partial charge in [0.05, 0.1) is 18.8 Å². The van der Waals surface area contributed by atoms with Crippen LogP contribution < -0.4 is 4.74 Å². The van der Waals surface area contributed by atoms with Gasteiger partial charge in [-0.3, -0.25) is 4.79 Å². The van der Waals surface area contributed by atoms with Gasteiger partial charge in [0.1, 0.15) is 18.5 Å². The third-order valence-corrected chi connectivity index (χ3v) is 5.72. The quantitative estimate of drug-likeness (QED) is 0.229. The lowest BCUT2D eigenvalue weighted by atomic mass is 9.89. The Kier molecular flexibility index (Phi) is 12.1. The molecule has 1 aromatic carbocycles. The molecule has 5 atom stereocenters. The molecule has 1 aromatic rings. The predicted octanol–water partition coefficient (Wildman–Crippen LogP) is 3.80. The van der Waals surface area contributed by atoms with Gasteiger partial charge in [0.2, 0.25) is 0 Å². The van der Waals surface area contributed by atoms with Crippen LogP contribution in [0.4, 0.5) is 0 Å². The van der Waals surface area contributed by atoms with Gasteiger partial charge in [-0.1, -0.05) is 55.8 Å². The minimum Gasteiger partial charge on any atom is -0.491 e. The highest BCUT2D eigenvalue weighted by molar-refractivity contribution is 5.69. The number of hydrogen-bond acceptors (Lipinski definition) is 6. The van der Waals surface area contributed by atoms with E-state index in [-0.39, 0.29) is 24.4 Å². The van der Waals surface area contributed by atoms with E-state index >= 15 is 0 Å². The van der Waals surface area contributed by atoms with Crippen LogP contribution in [0.25, 0.3) is 0 Å². The molecule has 2 unspecified atom stereocenters. The summed E-state index contributed by atoms with van der Waals surface area (Å²) in [5, 5.41) is 30.9. The average Bonchev–Trinajstić information content (AvgIpc) is 3.06. The van der Waals surface area contributed by atoms with E-state index in [9.17, 15) is 20.1 Å². The molecule has 0 aromatic heterocycles. The second-order valence-corrected chi connectivity index (χ2v) is 8.36. The summed E-state index contributed by atoms with van der Waals surface area (Å²) in [6.45, 7) is 2.67. The van der Waals surface area contributed by atoms with Gasteiger partial charge < -0.3 is 24.8 Å². The van der Waals surface area contributed by atoms with Crippen LogP contribution in [0.2, 0.25) is 0 Å². The second-order valence-electron chi connectivity index (χ2n) is 8.36. The number of ether oxygens (including phenoxy) is 2. The number of rotatable bonds is 14. The van der Waals surface area contributed by atoms with E-state index in [2.05, 4.69) is 6.92 Å². The van der Waals surface area contributed by atoms with E-state index in [0.717, 1.165) is 25.7 Å². The SMILES string of the molecule is CCCCOC(=O)CCCC=CCC1C(C=C[C@@H](O)COc2ccccc2)[C@H](O)C[C@@H]1O. The minimum atomic E-state index is -0.798. The first kappa shape index (κ1) is 26.1. The molecule has 0 heterocycles. The van der Waals surface area contributed by atoms with Crippen molar-refractivity contribution in [3.05, 3.63) is 54.6 Å². The number of carbonyl (C=O) groups excluding carboxylic acids is 1. The van der Waals surface area contributed by atoms with Gasteiger partial charge in [-0.25, -0.2) is 0 Å². The van der Waals surface area contributed by atoms with Gasteiger partial charge in [-0.05, 0) is 43.7 Å². The van der Waals surface area contributed by atoms with Crippen LogP contribution in [0.5, 0.6) is 5.75 Å². The van der Waals surface area contributed by atoms with E-state index in [1.807, 2.05) is 42.5 Å². The van der Waals surface area contributed by atoms with Crippen molar-refractivity contribution < 1.29 is 29.6 Å². The summed E-state index contributed by atoms with van der Waals surface area (Å²) in [5.41, 5.74) is 0. The standard InChI is InChI=1S/C26H38O6/c1-2-3-17-31-26(30)14-10-5-4-9-13-22-23(25(29)18-24(22)28)16-15-20(27)19-32-21-11-7-6-8-12-21/h4,6-9,11-12,15-16,20,22-25,27-29H,2-3,5,10,13-14,17-19H2,1H3/t20-,22?,23?,24+,25-/m1/s1. The van der Waals surface area contributed by atoms with E-state index in [0.29, 0.717) is 31.6 Å². The van der Waals surface area contributed by atoms with Crippen LogP contribution in [0.1, 0.15) is 51.9 Å². The minimum absolute atomic E-state index is 0.112. The lowest BCUT2D eigenvalue weighted by Crippen LogP contribution is -2.21. The Hall–Kier alpha value is -2.15. The molecule has 0 spiro atoms. The molecule has 178 valence electrons. The van der Waals surface area contributed by atoms with Gasteiger partial charge in [0.15, 0.2) is 0 Å². The molecular weight excluding hydrogens is 408 g/mol. The number of benzene rings is 1. The van der Waals surface area contributed by atoms with Gasteiger partial charge >= 0.3 is 5.97 Å². The number of para-hydroxylation sites is 1. The highest BCUT2D eigenvalue weighted by Gasteiger charge is 2.39. The fourth-order valence-corrected chi connectivity index (χ4v) is 3.85. The Morgan fingerprint density at radius 1 is 1.16 bits per heavy atom. The van der Waals surface area contributed by atoms with Crippen LogP contribution in [-0.4, -0.2) is 52.8 Å². The van der Waals surface area contributed by atoms with E-state index in [1.165, 1.54) is 0 Å². The van der Waals surface area contributed by atoms with Crippen LogP contribution >= 0.6 is 0 Å². The first-order chi connectivity index (χ1) is 15.5. The molecule has 0 aliphatic heterocycles. The molecule has 1 aliphatic rings. The zero-order valence-corrected chi connectivity index (χ0v) is 19.0. The number of esters is 1. The molecule has 3 N–H and O–H groups in total. The number of hydrogen-bond donors (Lipinski definition) is 3. The Morgan fingerprint density at radius 2 is 1.94 bits per heavy atom. The fourth-order valence-electron chi connectivity index (χ4n) is 3.85. The summed E-state index contributed by atoms with van der Waals surface area (Å²) in [6, 6.07) is 9.28. The van der Waals surface area contributed by atoms with Crippen molar-refractivity contribution >= 4 is 5.97 Å². The smallest absolute Gasteiger partial charge is 0.305 e. The van der Waals surface area contributed by atoms with Gasteiger partial charge in [-0.15, -0.1) is 0 Å². The largest absolute Gasteiger partial charge is 0.491 e.